The number of hydrogen-bond acceptors (Lipinski definition) is 0. The zero-order valence-electron chi connectivity index (χ0n) is 8.91. The standard InChI is InChI=1S/C10H15.CH3.Mo/c1-6-8(3)10(5)9(4)7-2;;/h1-5H3;1H3;/q2*-1;. The van der Waals surface area contributed by atoms with E-state index in [9.17, 15) is 0 Å². The van der Waals surface area contributed by atoms with Crippen molar-refractivity contribution in [2.45, 2.75) is 34.6 Å². The van der Waals surface area contributed by atoms with Crippen LogP contribution < -0.4 is 0 Å². The summed E-state index contributed by atoms with van der Waals surface area (Å²) in [5, 5.41) is 0. The van der Waals surface area contributed by atoms with E-state index in [-0.39, 0.29) is 7.43 Å². The molecule has 0 N–H and O–H groups in total. The molecule has 0 saturated carbocycles. The summed E-state index contributed by atoms with van der Waals surface area (Å²) in [4.78, 5) is 0. The average molecular weight is 246 g/mol. The van der Waals surface area contributed by atoms with E-state index < -0.39 is 0 Å². The molecule has 0 aliphatic heterocycles. The Labute approximate surface area is 88.2 Å². The van der Waals surface area contributed by atoms with E-state index in [1.54, 1.807) is 0 Å². The Hall–Kier alpha value is 0.0383. The van der Waals surface area contributed by atoms with E-state index in [1.807, 2.05) is 6.92 Å². The summed E-state index contributed by atoms with van der Waals surface area (Å²) in [6.07, 6.45) is 3.15. The molecule has 0 aromatic heterocycles. The quantitative estimate of drug-likeness (QED) is 0.398. The predicted octanol–water partition coefficient (Wildman–Crippen LogP) is 3.28. The smallest absolute Gasteiger partial charge is 0.358 e. The van der Waals surface area contributed by atoms with Gasteiger partial charge in [-0.1, -0.05) is 0 Å². The molecule has 0 aromatic rings. The zero-order chi connectivity index (χ0) is 9.02. The van der Waals surface area contributed by atoms with Crippen LogP contribution in [0, 0.1) is 13.5 Å². The Balaban J connectivity index is 0. The molecule has 0 atom stereocenters. The van der Waals surface area contributed by atoms with E-state index in [2.05, 4.69) is 53.1 Å². The van der Waals surface area contributed by atoms with Gasteiger partial charge in [0.2, 0.25) is 0 Å². The molecule has 0 amide bonds. The van der Waals surface area contributed by atoms with Crippen LogP contribution in [-0.4, -0.2) is 3.90 Å². The molecular formula is C11H18Mo-2. The Morgan fingerprint density at radius 3 is 1.67 bits per heavy atom. The van der Waals surface area contributed by atoms with Crippen LogP contribution in [0.15, 0.2) is 16.7 Å². The van der Waals surface area contributed by atoms with Crippen molar-refractivity contribution in [3.63, 3.8) is 0 Å². The van der Waals surface area contributed by atoms with Crippen LogP contribution in [0.2, 0.25) is 0 Å². The van der Waals surface area contributed by atoms with Crippen molar-refractivity contribution in [2.75, 3.05) is 0 Å². The molecule has 0 aliphatic rings. The third-order valence-electron chi connectivity index (χ3n) is 2.03. The van der Waals surface area contributed by atoms with Gasteiger partial charge in [0.05, 0.1) is 0 Å². The summed E-state index contributed by atoms with van der Waals surface area (Å²) in [6, 6.07) is 0. The molecule has 0 radical (unpaired) electrons. The predicted molar refractivity (Wildman–Crippen MR) is 53.6 cm³/mol. The Bertz CT molecular complexity index is 219. The van der Waals surface area contributed by atoms with E-state index in [1.165, 1.54) is 20.6 Å². The first kappa shape index (κ1) is 14.6. The molecule has 0 aliphatic carbocycles. The van der Waals surface area contributed by atoms with Crippen molar-refractivity contribution >= 4 is 3.90 Å². The molecule has 0 saturated heterocycles. The van der Waals surface area contributed by atoms with Gasteiger partial charge in [0.1, 0.15) is 0 Å². The molecule has 0 spiro atoms. The Morgan fingerprint density at radius 1 is 1.00 bits per heavy atom. The van der Waals surface area contributed by atoms with Crippen LogP contribution in [0.1, 0.15) is 34.6 Å². The summed E-state index contributed by atoms with van der Waals surface area (Å²) in [5.41, 5.74) is 4.00. The molecule has 0 unspecified atom stereocenters. The van der Waals surface area contributed by atoms with Crippen molar-refractivity contribution in [3.8, 4) is 0 Å². The fourth-order valence-corrected chi connectivity index (χ4v) is 1.11. The number of allylic oxidation sites excluding steroid dienone is 4. The van der Waals surface area contributed by atoms with Gasteiger partial charge in [-0.15, -0.1) is 0 Å². The van der Waals surface area contributed by atoms with E-state index in [0.29, 0.717) is 0 Å². The maximum Gasteiger partial charge on any atom is -0.358 e. The summed E-state index contributed by atoms with van der Waals surface area (Å²) >= 11 is 2.07. The van der Waals surface area contributed by atoms with Crippen molar-refractivity contribution in [3.05, 3.63) is 30.2 Å². The molecule has 70 valence electrons. The van der Waals surface area contributed by atoms with Crippen LogP contribution in [-0.2, 0) is 19.4 Å². The summed E-state index contributed by atoms with van der Waals surface area (Å²) in [6.45, 7) is 10.5. The first-order valence-corrected chi connectivity index (χ1v) is 4.71. The minimum Gasteiger partial charge on any atom is -0.358 e. The summed E-state index contributed by atoms with van der Waals surface area (Å²) in [7, 11) is 0. The molecule has 0 aromatic carbocycles. The SMILES string of the molecule is C[C-]=C(C)C(C)=C(C)[C](C)=[Mo].[CH3-]. The molecular weight excluding hydrogens is 228 g/mol. The van der Waals surface area contributed by atoms with Gasteiger partial charge in [0.15, 0.2) is 0 Å². The van der Waals surface area contributed by atoms with Gasteiger partial charge < -0.3 is 7.43 Å². The average Bonchev–Trinajstić information content (AvgIpc) is 2.00. The normalized spacial score (nSPS) is 13.2. The number of hydrogen-bond donors (Lipinski definition) is 0. The monoisotopic (exact) mass is 248 g/mol. The van der Waals surface area contributed by atoms with Crippen molar-refractivity contribution < 1.29 is 19.4 Å². The van der Waals surface area contributed by atoms with Gasteiger partial charge in [0, 0.05) is 0 Å². The summed E-state index contributed by atoms with van der Waals surface area (Å²) < 4.78 is 1.40. The summed E-state index contributed by atoms with van der Waals surface area (Å²) in [5.74, 6) is 0. The van der Waals surface area contributed by atoms with Crippen molar-refractivity contribution in [1.82, 2.24) is 0 Å². The second-order valence-corrected chi connectivity index (χ2v) is 4.19. The third-order valence-corrected chi connectivity index (χ3v) is 2.78. The largest absolute Gasteiger partial charge is 0.358 e. The topological polar surface area (TPSA) is 0 Å². The van der Waals surface area contributed by atoms with Gasteiger partial charge in [-0.2, -0.15) is 0 Å². The van der Waals surface area contributed by atoms with Crippen LogP contribution in [0.4, 0.5) is 0 Å². The van der Waals surface area contributed by atoms with Crippen LogP contribution in [0.5, 0.6) is 0 Å². The van der Waals surface area contributed by atoms with Crippen LogP contribution in [0.25, 0.3) is 0 Å². The molecule has 0 rings (SSSR count). The Morgan fingerprint density at radius 2 is 1.42 bits per heavy atom. The Kier molecular flexibility index (Phi) is 7.94. The van der Waals surface area contributed by atoms with E-state index >= 15 is 0 Å². The van der Waals surface area contributed by atoms with Crippen molar-refractivity contribution in [2.24, 2.45) is 0 Å². The van der Waals surface area contributed by atoms with E-state index in [4.69, 9.17) is 0 Å². The third kappa shape index (κ3) is 4.16. The fourth-order valence-electron chi connectivity index (χ4n) is 0.733. The van der Waals surface area contributed by atoms with Gasteiger partial charge in [-0.25, -0.2) is 0 Å². The maximum absolute atomic E-state index is 3.15. The van der Waals surface area contributed by atoms with Gasteiger partial charge in [-0.05, 0) is 0 Å². The van der Waals surface area contributed by atoms with E-state index in [0.717, 1.165) is 0 Å². The molecule has 0 heterocycles. The van der Waals surface area contributed by atoms with Crippen molar-refractivity contribution in [1.29, 1.82) is 0 Å². The van der Waals surface area contributed by atoms with Gasteiger partial charge in [-0.3, -0.25) is 0 Å². The van der Waals surface area contributed by atoms with Gasteiger partial charge in [0.25, 0.3) is 0 Å². The van der Waals surface area contributed by atoms with Crippen LogP contribution in [0.3, 0.4) is 0 Å². The molecule has 0 fully saturated rings. The second kappa shape index (κ2) is 6.54. The second-order valence-electron chi connectivity index (χ2n) is 2.68. The van der Waals surface area contributed by atoms with Gasteiger partial charge >= 0.3 is 80.7 Å². The molecule has 12 heavy (non-hydrogen) atoms. The first-order chi connectivity index (χ1) is 5.00. The molecule has 1 heteroatoms. The first-order valence-electron chi connectivity index (χ1n) is 3.70. The zero-order valence-corrected chi connectivity index (χ0v) is 10.9. The molecule has 0 bridgehead atoms. The minimum atomic E-state index is 0. The molecule has 0 nitrogen and oxygen atoms in total. The maximum atomic E-state index is 3.15. The van der Waals surface area contributed by atoms with Crippen LogP contribution >= 0.6 is 0 Å². The number of rotatable bonds is 2. The minimum absolute atomic E-state index is 0. The fraction of sp³-hybridized carbons (Fsp3) is 0.455.